The molecule has 0 bridgehead atoms. The van der Waals surface area contributed by atoms with E-state index in [2.05, 4.69) is 9.98 Å². The normalized spacial score (nSPS) is 18.5. The Balaban J connectivity index is 2.28. The number of non-ortho nitro benzene ring substituents is 1. The Morgan fingerprint density at radius 2 is 1.82 bits per heavy atom. The van der Waals surface area contributed by atoms with E-state index < -0.39 is 26.9 Å². The lowest BCUT2D eigenvalue weighted by Gasteiger charge is -2.46. The number of aliphatic hydroxyl groups is 1. The zero-order chi connectivity index (χ0) is 20.5. The van der Waals surface area contributed by atoms with Crippen molar-refractivity contribution in [2.45, 2.75) is 44.2 Å². The summed E-state index contributed by atoms with van der Waals surface area (Å²) in [6.07, 6.45) is 3.70. The Bertz CT molecular complexity index is 876. The van der Waals surface area contributed by atoms with Gasteiger partial charge < -0.3 is 16.6 Å². The summed E-state index contributed by atoms with van der Waals surface area (Å²) in [6.45, 7) is -0.380. The summed E-state index contributed by atoms with van der Waals surface area (Å²) < 4.78 is 0. The first-order chi connectivity index (χ1) is 13.3. The highest BCUT2D eigenvalue weighted by Gasteiger charge is 2.44. The Labute approximate surface area is 159 Å². The number of nitrogens with two attached hydrogens (primary N) is 2. The maximum absolute atomic E-state index is 11.6. The van der Waals surface area contributed by atoms with Crippen molar-refractivity contribution in [1.29, 1.82) is 0 Å². The summed E-state index contributed by atoms with van der Waals surface area (Å²) in [5.41, 5.74) is 10.4. The van der Waals surface area contributed by atoms with Crippen LogP contribution in [0.5, 0.6) is 0 Å². The molecule has 5 N–H and O–H groups in total. The van der Waals surface area contributed by atoms with E-state index in [0.717, 1.165) is 25.3 Å². The first kappa shape index (κ1) is 19.5. The molecule has 0 radical (unpaired) electrons. The number of nitro benzene ring substituents is 2. The predicted molar refractivity (Wildman–Crippen MR) is 102 cm³/mol. The number of hydrogen-bond acceptors (Lipinski definition) is 10. The quantitative estimate of drug-likeness (QED) is 0.492. The molecule has 12 nitrogen and oxygen atoms in total. The van der Waals surface area contributed by atoms with Gasteiger partial charge in [-0.2, -0.15) is 4.99 Å². The SMILES string of the molecule is NC1=NC2(CCCCC2)N(c2cc([N+](=O)[O-])cc([N+](=O)[O-])c2CCO)C(N)=N1. The van der Waals surface area contributed by atoms with Crippen LogP contribution in [0.15, 0.2) is 22.1 Å². The molecule has 12 heteroatoms. The van der Waals surface area contributed by atoms with Gasteiger partial charge in [0.25, 0.3) is 11.4 Å². The summed E-state index contributed by atoms with van der Waals surface area (Å²) >= 11 is 0. The van der Waals surface area contributed by atoms with E-state index in [1.165, 1.54) is 11.0 Å². The van der Waals surface area contributed by atoms with Crippen molar-refractivity contribution in [2.24, 2.45) is 21.5 Å². The minimum Gasteiger partial charge on any atom is -0.396 e. The van der Waals surface area contributed by atoms with Crippen molar-refractivity contribution in [3.8, 4) is 0 Å². The zero-order valence-electron chi connectivity index (χ0n) is 15.1. The maximum atomic E-state index is 11.6. The number of guanidine groups is 2. The molecular weight excluding hydrogens is 370 g/mol. The molecule has 1 fully saturated rings. The van der Waals surface area contributed by atoms with Crippen LogP contribution < -0.4 is 16.4 Å². The Kier molecular flexibility index (Phi) is 5.14. The topological polar surface area (TPSA) is 187 Å². The lowest BCUT2D eigenvalue weighted by molar-refractivity contribution is -0.394. The number of hydrogen-bond donors (Lipinski definition) is 3. The van der Waals surface area contributed by atoms with Gasteiger partial charge >= 0.3 is 0 Å². The van der Waals surface area contributed by atoms with Crippen LogP contribution in [0, 0.1) is 20.2 Å². The molecular formula is C16H21N7O5. The van der Waals surface area contributed by atoms with Gasteiger partial charge in [0.2, 0.25) is 11.9 Å². The van der Waals surface area contributed by atoms with E-state index in [1.807, 2.05) is 0 Å². The second kappa shape index (κ2) is 7.38. The molecule has 2 aliphatic rings. The third kappa shape index (κ3) is 3.33. The molecule has 1 aromatic carbocycles. The number of nitro groups is 2. The summed E-state index contributed by atoms with van der Waals surface area (Å²) in [7, 11) is 0. The summed E-state index contributed by atoms with van der Waals surface area (Å²) in [4.78, 5) is 31.5. The molecule has 3 rings (SSSR count). The third-order valence-electron chi connectivity index (χ3n) is 5.05. The number of anilines is 1. The van der Waals surface area contributed by atoms with Gasteiger partial charge in [0.05, 0.1) is 27.2 Å². The van der Waals surface area contributed by atoms with Crippen molar-refractivity contribution >= 4 is 29.0 Å². The molecule has 0 unspecified atom stereocenters. The lowest BCUT2D eigenvalue weighted by atomic mass is 9.86. The van der Waals surface area contributed by atoms with Crippen LogP contribution in [0.1, 0.15) is 37.7 Å². The molecule has 28 heavy (non-hydrogen) atoms. The van der Waals surface area contributed by atoms with Crippen molar-refractivity contribution in [1.82, 2.24) is 0 Å². The number of benzene rings is 1. The molecule has 0 saturated heterocycles. The lowest BCUT2D eigenvalue weighted by Crippen LogP contribution is -2.58. The first-order valence-corrected chi connectivity index (χ1v) is 8.85. The van der Waals surface area contributed by atoms with Gasteiger partial charge in [0.15, 0.2) is 0 Å². The van der Waals surface area contributed by atoms with Crippen molar-refractivity contribution in [2.75, 3.05) is 11.5 Å². The fourth-order valence-electron chi connectivity index (χ4n) is 3.93. The summed E-state index contributed by atoms with van der Waals surface area (Å²) in [5, 5.41) is 32.4. The van der Waals surface area contributed by atoms with Gasteiger partial charge in [-0.05, 0) is 25.7 Å². The van der Waals surface area contributed by atoms with E-state index >= 15 is 0 Å². The van der Waals surface area contributed by atoms with Crippen molar-refractivity contribution in [3.63, 3.8) is 0 Å². The highest BCUT2D eigenvalue weighted by Crippen LogP contribution is 2.43. The fraction of sp³-hybridized carbons (Fsp3) is 0.500. The van der Waals surface area contributed by atoms with E-state index in [-0.39, 0.29) is 36.2 Å². The van der Waals surface area contributed by atoms with Crippen LogP contribution in [-0.4, -0.2) is 39.1 Å². The van der Waals surface area contributed by atoms with Crippen LogP contribution in [0.2, 0.25) is 0 Å². The van der Waals surface area contributed by atoms with E-state index in [0.29, 0.717) is 12.8 Å². The zero-order valence-corrected chi connectivity index (χ0v) is 15.1. The van der Waals surface area contributed by atoms with Gasteiger partial charge in [0.1, 0.15) is 5.66 Å². The molecule has 1 spiro atoms. The molecule has 1 aromatic rings. The first-order valence-electron chi connectivity index (χ1n) is 8.85. The molecule has 1 aliphatic carbocycles. The van der Waals surface area contributed by atoms with E-state index in [9.17, 15) is 25.3 Å². The average molecular weight is 391 g/mol. The monoisotopic (exact) mass is 391 g/mol. The predicted octanol–water partition coefficient (Wildman–Crippen LogP) is 1.15. The molecule has 1 heterocycles. The van der Waals surface area contributed by atoms with Crippen LogP contribution in [0.4, 0.5) is 17.1 Å². The summed E-state index contributed by atoms with van der Waals surface area (Å²) in [5.74, 6) is -0.0392. The molecule has 0 amide bonds. The van der Waals surface area contributed by atoms with Gasteiger partial charge in [-0.1, -0.05) is 6.42 Å². The minimum atomic E-state index is -0.915. The molecule has 0 atom stereocenters. The van der Waals surface area contributed by atoms with Crippen molar-refractivity contribution < 1.29 is 15.0 Å². The second-order valence-electron chi connectivity index (χ2n) is 6.77. The average Bonchev–Trinajstić information content (AvgIpc) is 2.62. The second-order valence-corrected chi connectivity index (χ2v) is 6.77. The van der Waals surface area contributed by atoms with Gasteiger partial charge in [-0.3, -0.25) is 25.1 Å². The molecule has 0 aromatic heterocycles. The van der Waals surface area contributed by atoms with Gasteiger partial charge in [-0.15, -0.1) is 0 Å². The number of aliphatic imine (C=N–C) groups is 2. The van der Waals surface area contributed by atoms with E-state index in [1.54, 1.807) is 0 Å². The Hall–Kier alpha value is -3.28. The van der Waals surface area contributed by atoms with Gasteiger partial charge in [-0.25, -0.2) is 4.99 Å². The number of nitrogens with zero attached hydrogens (tertiary/aromatic N) is 5. The van der Waals surface area contributed by atoms with E-state index in [4.69, 9.17) is 11.5 Å². The van der Waals surface area contributed by atoms with Gasteiger partial charge in [0, 0.05) is 19.1 Å². The standard InChI is InChI=1S/C16H21N7O5/c17-14-19-15(18)21(16(20-14)5-2-1-3-6-16)12-8-10(22(25)26)9-13(23(27)28)11(12)4-7-24/h8-9,24H,1-7H2,(H4,17,18,19,20). The highest BCUT2D eigenvalue weighted by molar-refractivity contribution is 6.06. The molecule has 1 saturated carbocycles. The van der Waals surface area contributed by atoms with Crippen LogP contribution in [0.3, 0.4) is 0 Å². The fourth-order valence-corrected chi connectivity index (χ4v) is 3.93. The van der Waals surface area contributed by atoms with Crippen LogP contribution in [-0.2, 0) is 6.42 Å². The third-order valence-corrected chi connectivity index (χ3v) is 5.05. The minimum absolute atomic E-state index is 0.000659. The van der Waals surface area contributed by atoms with Crippen LogP contribution >= 0.6 is 0 Å². The smallest absolute Gasteiger partial charge is 0.281 e. The Morgan fingerprint density at radius 1 is 1.14 bits per heavy atom. The number of rotatable bonds is 5. The van der Waals surface area contributed by atoms with Crippen molar-refractivity contribution in [3.05, 3.63) is 37.9 Å². The summed E-state index contributed by atoms with van der Waals surface area (Å²) in [6, 6.07) is 2.10. The highest BCUT2D eigenvalue weighted by atomic mass is 16.6. The van der Waals surface area contributed by atoms with Crippen LogP contribution in [0.25, 0.3) is 0 Å². The maximum Gasteiger partial charge on any atom is 0.281 e. The largest absolute Gasteiger partial charge is 0.396 e. The molecule has 1 aliphatic heterocycles. The number of aliphatic hydroxyl groups excluding tert-OH is 1. The Morgan fingerprint density at radius 3 is 2.39 bits per heavy atom. The molecule has 150 valence electrons.